The van der Waals surface area contributed by atoms with Gasteiger partial charge in [-0.05, 0) is 50.2 Å². The Morgan fingerprint density at radius 1 is 0.926 bits per heavy atom. The molecular formula is C20H18N4O3. The average molecular weight is 362 g/mol. The number of aryl methyl sites for hydroxylation is 1. The van der Waals surface area contributed by atoms with Crippen LogP contribution >= 0.6 is 0 Å². The highest BCUT2D eigenvalue weighted by atomic mass is 16.7. The van der Waals surface area contributed by atoms with E-state index in [1.807, 2.05) is 43.3 Å². The minimum atomic E-state index is 0.0367. The highest BCUT2D eigenvalue weighted by Crippen LogP contribution is 2.34. The minimum absolute atomic E-state index is 0.0367. The van der Waals surface area contributed by atoms with E-state index in [0.29, 0.717) is 23.1 Å². The van der Waals surface area contributed by atoms with E-state index in [1.54, 1.807) is 19.1 Å². The van der Waals surface area contributed by atoms with Crippen LogP contribution in [0.3, 0.4) is 0 Å². The molecule has 0 fully saturated rings. The fourth-order valence-corrected chi connectivity index (χ4v) is 2.73. The fourth-order valence-electron chi connectivity index (χ4n) is 2.73. The first-order chi connectivity index (χ1) is 13.1. The number of anilines is 4. The van der Waals surface area contributed by atoms with Gasteiger partial charge in [-0.1, -0.05) is 0 Å². The van der Waals surface area contributed by atoms with Crippen LogP contribution in [-0.2, 0) is 0 Å². The monoisotopic (exact) mass is 362 g/mol. The summed E-state index contributed by atoms with van der Waals surface area (Å²) in [6, 6.07) is 14.7. The molecule has 0 saturated heterocycles. The highest BCUT2D eigenvalue weighted by molar-refractivity contribution is 5.94. The first kappa shape index (κ1) is 16.8. The molecule has 3 aromatic rings. The van der Waals surface area contributed by atoms with Gasteiger partial charge < -0.3 is 20.1 Å². The Morgan fingerprint density at radius 2 is 1.67 bits per heavy atom. The normalized spacial score (nSPS) is 11.9. The molecule has 0 bridgehead atoms. The molecule has 2 N–H and O–H groups in total. The predicted molar refractivity (Wildman–Crippen MR) is 102 cm³/mol. The molecule has 136 valence electrons. The van der Waals surface area contributed by atoms with E-state index < -0.39 is 0 Å². The lowest BCUT2D eigenvalue weighted by Gasteiger charge is -2.10. The zero-order valence-corrected chi connectivity index (χ0v) is 14.9. The van der Waals surface area contributed by atoms with E-state index in [2.05, 4.69) is 20.6 Å². The lowest BCUT2D eigenvalue weighted by Crippen LogP contribution is -2.02. The topological polar surface area (TPSA) is 85.4 Å². The number of Topliss-reactive ketones (excluding diaryl/α,β-unsaturated/α-hetero) is 1. The number of nitrogens with one attached hydrogen (secondary N) is 2. The number of ether oxygens (including phenoxy) is 2. The summed E-state index contributed by atoms with van der Waals surface area (Å²) in [6.07, 6.45) is 0. The van der Waals surface area contributed by atoms with E-state index >= 15 is 0 Å². The maximum atomic E-state index is 11.4. The lowest BCUT2D eigenvalue weighted by molar-refractivity contribution is 0.101. The van der Waals surface area contributed by atoms with Crippen LogP contribution in [0.5, 0.6) is 11.5 Å². The summed E-state index contributed by atoms with van der Waals surface area (Å²) in [5.41, 5.74) is 3.13. The number of aromatic nitrogens is 2. The number of fused-ring (bicyclic) bond motifs is 1. The van der Waals surface area contributed by atoms with Gasteiger partial charge >= 0.3 is 0 Å². The van der Waals surface area contributed by atoms with Crippen molar-refractivity contribution in [1.29, 1.82) is 0 Å². The van der Waals surface area contributed by atoms with Crippen molar-refractivity contribution < 1.29 is 14.3 Å². The summed E-state index contributed by atoms with van der Waals surface area (Å²) in [7, 11) is 0. The third-order valence-corrected chi connectivity index (χ3v) is 4.05. The van der Waals surface area contributed by atoms with Gasteiger partial charge in [-0.25, -0.2) is 4.98 Å². The molecule has 1 aliphatic heterocycles. The first-order valence-corrected chi connectivity index (χ1v) is 8.47. The second kappa shape index (κ2) is 6.95. The predicted octanol–water partition coefficient (Wildman–Crippen LogP) is 4.20. The average Bonchev–Trinajstić information content (AvgIpc) is 3.09. The molecule has 0 spiro atoms. The molecular weight excluding hydrogens is 344 g/mol. The van der Waals surface area contributed by atoms with Gasteiger partial charge in [0.2, 0.25) is 12.7 Å². The van der Waals surface area contributed by atoms with Crippen LogP contribution in [-0.4, -0.2) is 22.5 Å². The van der Waals surface area contributed by atoms with E-state index in [1.165, 1.54) is 0 Å². The lowest BCUT2D eigenvalue weighted by atomic mass is 10.1. The van der Waals surface area contributed by atoms with Crippen molar-refractivity contribution in [2.24, 2.45) is 0 Å². The Bertz CT molecular complexity index is 1000. The summed E-state index contributed by atoms with van der Waals surface area (Å²) < 4.78 is 10.7. The van der Waals surface area contributed by atoms with Gasteiger partial charge in [0.15, 0.2) is 17.3 Å². The summed E-state index contributed by atoms with van der Waals surface area (Å²) >= 11 is 0. The molecule has 7 nitrogen and oxygen atoms in total. The third-order valence-electron chi connectivity index (χ3n) is 4.05. The maximum absolute atomic E-state index is 11.4. The number of nitrogens with zero attached hydrogens (tertiary/aromatic N) is 2. The fraction of sp³-hybridized carbons (Fsp3) is 0.150. The SMILES string of the molecule is CC(=O)c1ccc(Nc2cc(C)nc(Nc3ccc4c(c3)OCO4)n2)cc1. The van der Waals surface area contributed by atoms with Crippen molar-refractivity contribution in [2.45, 2.75) is 13.8 Å². The molecule has 0 aliphatic carbocycles. The highest BCUT2D eigenvalue weighted by Gasteiger charge is 2.14. The zero-order valence-electron chi connectivity index (χ0n) is 14.9. The Labute approximate surface area is 156 Å². The summed E-state index contributed by atoms with van der Waals surface area (Å²) in [5, 5.41) is 6.41. The molecule has 4 rings (SSSR count). The Hall–Kier alpha value is -3.61. The second-order valence-corrected chi connectivity index (χ2v) is 6.17. The van der Waals surface area contributed by atoms with Crippen LogP contribution in [0.1, 0.15) is 23.0 Å². The molecule has 1 aromatic heterocycles. The number of ketones is 1. The van der Waals surface area contributed by atoms with Gasteiger partial charge in [0.05, 0.1) is 0 Å². The standard InChI is InChI=1S/C20H18N4O3/c1-12-9-19(22-15-5-3-14(4-6-15)13(2)25)24-20(21-12)23-16-7-8-17-18(10-16)27-11-26-17/h3-10H,11H2,1-2H3,(H2,21,22,23,24). The van der Waals surface area contributed by atoms with Gasteiger partial charge in [0, 0.05) is 34.8 Å². The Balaban J connectivity index is 1.53. The second-order valence-electron chi connectivity index (χ2n) is 6.17. The third kappa shape index (κ3) is 3.82. The van der Waals surface area contributed by atoms with E-state index in [4.69, 9.17) is 9.47 Å². The molecule has 0 saturated carbocycles. The Morgan fingerprint density at radius 3 is 2.44 bits per heavy atom. The van der Waals surface area contributed by atoms with Crippen molar-refractivity contribution >= 4 is 28.9 Å². The van der Waals surface area contributed by atoms with Crippen LogP contribution in [0.15, 0.2) is 48.5 Å². The van der Waals surface area contributed by atoms with Gasteiger partial charge in [-0.2, -0.15) is 4.98 Å². The molecule has 2 heterocycles. The van der Waals surface area contributed by atoms with Gasteiger partial charge in [-0.3, -0.25) is 4.79 Å². The van der Waals surface area contributed by atoms with Crippen LogP contribution in [0, 0.1) is 6.92 Å². The van der Waals surface area contributed by atoms with E-state index in [-0.39, 0.29) is 12.6 Å². The summed E-state index contributed by atoms with van der Waals surface area (Å²) in [6.45, 7) is 3.68. The van der Waals surface area contributed by atoms with Crippen molar-refractivity contribution in [2.75, 3.05) is 17.4 Å². The van der Waals surface area contributed by atoms with E-state index in [9.17, 15) is 4.79 Å². The van der Waals surface area contributed by atoms with Gasteiger partial charge in [-0.15, -0.1) is 0 Å². The van der Waals surface area contributed by atoms with Gasteiger partial charge in [0.1, 0.15) is 5.82 Å². The molecule has 1 aliphatic rings. The largest absolute Gasteiger partial charge is 0.454 e. The molecule has 0 unspecified atom stereocenters. The molecule has 27 heavy (non-hydrogen) atoms. The quantitative estimate of drug-likeness (QED) is 0.658. The van der Waals surface area contributed by atoms with Crippen molar-refractivity contribution in [3.63, 3.8) is 0 Å². The zero-order chi connectivity index (χ0) is 18.8. The van der Waals surface area contributed by atoms with Crippen molar-refractivity contribution in [3.8, 4) is 11.5 Å². The van der Waals surface area contributed by atoms with Gasteiger partial charge in [0.25, 0.3) is 0 Å². The maximum Gasteiger partial charge on any atom is 0.231 e. The molecule has 7 heteroatoms. The number of hydrogen-bond donors (Lipinski definition) is 2. The van der Waals surface area contributed by atoms with Crippen LogP contribution in [0.25, 0.3) is 0 Å². The minimum Gasteiger partial charge on any atom is -0.454 e. The molecule has 0 atom stereocenters. The van der Waals surface area contributed by atoms with Crippen molar-refractivity contribution in [3.05, 3.63) is 59.8 Å². The smallest absolute Gasteiger partial charge is 0.231 e. The molecule has 0 radical (unpaired) electrons. The van der Waals surface area contributed by atoms with Crippen molar-refractivity contribution in [1.82, 2.24) is 9.97 Å². The summed E-state index contributed by atoms with van der Waals surface area (Å²) in [4.78, 5) is 20.3. The van der Waals surface area contributed by atoms with Crippen LogP contribution in [0.4, 0.5) is 23.1 Å². The number of hydrogen-bond acceptors (Lipinski definition) is 7. The van der Waals surface area contributed by atoms with Crippen LogP contribution in [0.2, 0.25) is 0 Å². The Kier molecular flexibility index (Phi) is 4.33. The summed E-state index contributed by atoms with van der Waals surface area (Å²) in [5.74, 6) is 2.58. The number of rotatable bonds is 5. The number of carbonyl (C=O) groups is 1. The number of carbonyl (C=O) groups excluding carboxylic acids is 1. The van der Waals surface area contributed by atoms with Crippen LogP contribution < -0.4 is 20.1 Å². The molecule has 2 aromatic carbocycles. The first-order valence-electron chi connectivity index (χ1n) is 8.47. The molecule has 0 amide bonds. The van der Waals surface area contributed by atoms with E-state index in [0.717, 1.165) is 22.8 Å². The number of benzene rings is 2.